The van der Waals surface area contributed by atoms with Gasteiger partial charge in [-0.25, -0.2) is 14.4 Å². The van der Waals surface area contributed by atoms with E-state index in [1.807, 2.05) is 36.7 Å². The second-order valence-electron chi connectivity index (χ2n) is 8.28. The highest BCUT2D eigenvalue weighted by molar-refractivity contribution is 5.65. The van der Waals surface area contributed by atoms with Gasteiger partial charge in [0, 0.05) is 54.6 Å². The highest BCUT2D eigenvalue weighted by Gasteiger charge is 2.24. The molecule has 1 aliphatic heterocycles. The number of anilines is 2. The summed E-state index contributed by atoms with van der Waals surface area (Å²) in [6.07, 6.45) is 9.20. The molecule has 0 atom stereocenters. The molecule has 33 heavy (non-hydrogen) atoms. The maximum absolute atomic E-state index is 13.7. The first-order valence-electron chi connectivity index (χ1n) is 11.2. The number of nitrogens with zero attached hydrogens (tertiary/aromatic N) is 5. The second-order valence-corrected chi connectivity index (χ2v) is 8.28. The molecule has 6 nitrogen and oxygen atoms in total. The van der Waals surface area contributed by atoms with Crippen LogP contribution in [-0.4, -0.2) is 37.9 Å². The lowest BCUT2D eigenvalue weighted by Gasteiger charge is -2.31. The second kappa shape index (κ2) is 9.83. The van der Waals surface area contributed by atoms with Crippen LogP contribution in [0.3, 0.4) is 0 Å². The Balaban J connectivity index is 1.37. The van der Waals surface area contributed by atoms with Crippen LogP contribution in [0.5, 0.6) is 0 Å². The SMILES string of the molecule is Fc1cccc(Nc2cc(-c3cccnc3)nc(C3CCN(Cc4ccncc4)CC3)n2)c1. The lowest BCUT2D eigenvalue weighted by molar-refractivity contribution is 0.202. The molecule has 3 aromatic heterocycles. The Morgan fingerprint density at radius 2 is 1.76 bits per heavy atom. The fourth-order valence-electron chi connectivity index (χ4n) is 4.18. The quantitative estimate of drug-likeness (QED) is 0.445. The number of benzene rings is 1. The van der Waals surface area contributed by atoms with Crippen LogP contribution >= 0.6 is 0 Å². The van der Waals surface area contributed by atoms with Crippen molar-refractivity contribution in [2.45, 2.75) is 25.3 Å². The Bertz CT molecular complexity index is 1190. The van der Waals surface area contributed by atoms with Crippen LogP contribution in [-0.2, 0) is 6.54 Å². The van der Waals surface area contributed by atoms with Crippen molar-refractivity contribution < 1.29 is 4.39 Å². The van der Waals surface area contributed by atoms with Crippen LogP contribution in [0.4, 0.5) is 15.9 Å². The van der Waals surface area contributed by atoms with Gasteiger partial charge in [0.1, 0.15) is 17.5 Å². The summed E-state index contributed by atoms with van der Waals surface area (Å²) in [4.78, 5) is 20.5. The van der Waals surface area contributed by atoms with Crippen LogP contribution in [0.15, 0.2) is 79.4 Å². The van der Waals surface area contributed by atoms with E-state index in [0.29, 0.717) is 11.5 Å². The third-order valence-electron chi connectivity index (χ3n) is 5.91. The molecule has 0 bridgehead atoms. The average molecular weight is 441 g/mol. The van der Waals surface area contributed by atoms with E-state index in [2.05, 4.69) is 32.3 Å². The number of halogens is 1. The molecule has 4 aromatic rings. The van der Waals surface area contributed by atoms with E-state index in [1.54, 1.807) is 18.5 Å². The van der Waals surface area contributed by atoms with Gasteiger partial charge in [-0.2, -0.15) is 0 Å². The fraction of sp³-hybridized carbons (Fsp3) is 0.231. The number of hydrogen-bond donors (Lipinski definition) is 1. The predicted octanol–water partition coefficient (Wildman–Crippen LogP) is 5.20. The Morgan fingerprint density at radius 1 is 0.909 bits per heavy atom. The number of aromatic nitrogens is 4. The van der Waals surface area contributed by atoms with E-state index in [-0.39, 0.29) is 11.7 Å². The van der Waals surface area contributed by atoms with Gasteiger partial charge in [0.25, 0.3) is 0 Å². The first kappa shape index (κ1) is 21.2. The third kappa shape index (κ3) is 5.38. The summed E-state index contributed by atoms with van der Waals surface area (Å²) in [5.41, 5.74) is 3.67. The minimum Gasteiger partial charge on any atom is -0.340 e. The van der Waals surface area contributed by atoms with Crippen LogP contribution in [0.25, 0.3) is 11.3 Å². The number of pyridine rings is 2. The molecule has 1 aliphatic rings. The van der Waals surface area contributed by atoms with Crippen molar-refractivity contribution in [2.24, 2.45) is 0 Å². The summed E-state index contributed by atoms with van der Waals surface area (Å²) < 4.78 is 13.7. The lowest BCUT2D eigenvalue weighted by atomic mass is 9.95. The lowest BCUT2D eigenvalue weighted by Crippen LogP contribution is -2.33. The van der Waals surface area contributed by atoms with Crippen molar-refractivity contribution in [3.8, 4) is 11.3 Å². The van der Waals surface area contributed by atoms with Gasteiger partial charge in [0.2, 0.25) is 0 Å². The highest BCUT2D eigenvalue weighted by atomic mass is 19.1. The van der Waals surface area contributed by atoms with E-state index in [0.717, 1.165) is 49.6 Å². The van der Waals surface area contributed by atoms with Crippen molar-refractivity contribution >= 4 is 11.5 Å². The van der Waals surface area contributed by atoms with Crippen LogP contribution in [0, 0.1) is 5.82 Å². The highest BCUT2D eigenvalue weighted by Crippen LogP contribution is 2.30. The predicted molar refractivity (Wildman–Crippen MR) is 126 cm³/mol. The van der Waals surface area contributed by atoms with Crippen LogP contribution in [0.1, 0.15) is 30.1 Å². The molecule has 0 spiro atoms. The van der Waals surface area contributed by atoms with Gasteiger partial charge >= 0.3 is 0 Å². The molecule has 1 aromatic carbocycles. The standard InChI is InChI=1S/C26H25FN6/c27-22-4-1-5-23(15-22)30-25-16-24(21-3-2-10-29-17-21)31-26(32-25)20-8-13-33(14-9-20)18-19-6-11-28-12-7-19/h1-7,10-12,15-17,20H,8-9,13-14,18H2,(H,30,31,32). The van der Waals surface area contributed by atoms with Crippen LogP contribution in [0.2, 0.25) is 0 Å². The zero-order chi connectivity index (χ0) is 22.5. The van der Waals surface area contributed by atoms with Gasteiger partial charge in [0.05, 0.1) is 5.69 Å². The minimum absolute atomic E-state index is 0.267. The summed E-state index contributed by atoms with van der Waals surface area (Å²) in [6, 6.07) is 16.3. The molecule has 4 heterocycles. The third-order valence-corrected chi connectivity index (χ3v) is 5.91. The summed E-state index contributed by atoms with van der Waals surface area (Å²) >= 11 is 0. The monoisotopic (exact) mass is 440 g/mol. The molecule has 1 saturated heterocycles. The van der Waals surface area contributed by atoms with Crippen molar-refractivity contribution in [3.05, 3.63) is 96.6 Å². The molecular formula is C26H25FN6. The topological polar surface area (TPSA) is 66.8 Å². The summed E-state index contributed by atoms with van der Waals surface area (Å²) in [6.45, 7) is 2.90. The molecule has 0 radical (unpaired) electrons. The van der Waals surface area contributed by atoms with Crippen molar-refractivity contribution in [3.63, 3.8) is 0 Å². The van der Waals surface area contributed by atoms with E-state index in [4.69, 9.17) is 9.97 Å². The molecule has 166 valence electrons. The fourth-order valence-corrected chi connectivity index (χ4v) is 4.18. The summed E-state index contributed by atoms with van der Waals surface area (Å²) in [5, 5.41) is 3.25. The zero-order valence-electron chi connectivity index (χ0n) is 18.2. The Kier molecular flexibility index (Phi) is 6.30. The van der Waals surface area contributed by atoms with Gasteiger partial charge < -0.3 is 5.32 Å². The Labute approximate surface area is 192 Å². The number of hydrogen-bond acceptors (Lipinski definition) is 6. The van der Waals surface area contributed by atoms with Gasteiger partial charge in [-0.05, 0) is 74.0 Å². The molecule has 7 heteroatoms. The smallest absolute Gasteiger partial charge is 0.134 e. The Hall–Kier alpha value is -3.71. The molecule has 5 rings (SSSR count). The minimum atomic E-state index is -0.289. The molecule has 0 amide bonds. The van der Waals surface area contributed by atoms with Crippen molar-refractivity contribution in [1.82, 2.24) is 24.8 Å². The normalized spacial score (nSPS) is 14.8. The maximum atomic E-state index is 13.7. The number of nitrogens with one attached hydrogen (secondary N) is 1. The first-order valence-corrected chi connectivity index (χ1v) is 11.2. The summed E-state index contributed by atoms with van der Waals surface area (Å²) in [5.74, 6) is 1.45. The van der Waals surface area contributed by atoms with E-state index >= 15 is 0 Å². The number of likely N-dealkylation sites (tertiary alicyclic amines) is 1. The molecule has 1 N–H and O–H groups in total. The molecular weight excluding hydrogens is 415 g/mol. The first-order chi connectivity index (χ1) is 16.2. The van der Waals surface area contributed by atoms with Gasteiger partial charge in [-0.3, -0.25) is 14.9 Å². The summed E-state index contributed by atoms with van der Waals surface area (Å²) in [7, 11) is 0. The maximum Gasteiger partial charge on any atom is 0.134 e. The number of piperidine rings is 1. The average Bonchev–Trinajstić information content (AvgIpc) is 2.85. The Morgan fingerprint density at radius 3 is 2.52 bits per heavy atom. The van der Waals surface area contributed by atoms with Gasteiger partial charge in [0.15, 0.2) is 0 Å². The van der Waals surface area contributed by atoms with E-state index in [9.17, 15) is 4.39 Å². The van der Waals surface area contributed by atoms with Gasteiger partial charge in [-0.15, -0.1) is 0 Å². The van der Waals surface area contributed by atoms with Gasteiger partial charge in [-0.1, -0.05) is 6.07 Å². The van der Waals surface area contributed by atoms with E-state index < -0.39 is 0 Å². The van der Waals surface area contributed by atoms with Crippen molar-refractivity contribution in [1.29, 1.82) is 0 Å². The van der Waals surface area contributed by atoms with Crippen LogP contribution < -0.4 is 5.32 Å². The molecule has 0 saturated carbocycles. The van der Waals surface area contributed by atoms with Crippen molar-refractivity contribution in [2.75, 3.05) is 18.4 Å². The zero-order valence-corrected chi connectivity index (χ0v) is 18.2. The largest absolute Gasteiger partial charge is 0.340 e. The molecule has 0 unspecified atom stereocenters. The van der Waals surface area contributed by atoms with E-state index in [1.165, 1.54) is 17.7 Å². The molecule has 1 fully saturated rings. The molecule has 0 aliphatic carbocycles. The number of rotatable bonds is 6.